The van der Waals surface area contributed by atoms with Gasteiger partial charge in [0.25, 0.3) is 0 Å². The summed E-state index contributed by atoms with van der Waals surface area (Å²) in [7, 11) is 0. The summed E-state index contributed by atoms with van der Waals surface area (Å²) in [5.41, 5.74) is 3.53. The van der Waals surface area contributed by atoms with Crippen molar-refractivity contribution in [1.82, 2.24) is 0 Å². The van der Waals surface area contributed by atoms with Crippen LogP contribution in [-0.4, -0.2) is 5.97 Å². The molecule has 0 unspecified atom stereocenters. The first-order chi connectivity index (χ1) is 7.06. The van der Waals surface area contributed by atoms with Crippen LogP contribution in [0.5, 0.6) is 0 Å². The second kappa shape index (κ2) is 4.96. The zero-order valence-electron chi connectivity index (χ0n) is 9.83. The molecule has 0 spiro atoms. The van der Waals surface area contributed by atoms with Gasteiger partial charge in [-0.25, -0.2) is 0 Å². The van der Waals surface area contributed by atoms with E-state index in [1.807, 2.05) is 19.1 Å². The van der Waals surface area contributed by atoms with Gasteiger partial charge in [-0.15, -0.1) is 0 Å². The van der Waals surface area contributed by atoms with E-state index >= 15 is 0 Å². The van der Waals surface area contributed by atoms with Gasteiger partial charge in [0.1, 0.15) is 6.10 Å². The van der Waals surface area contributed by atoms with E-state index in [1.54, 1.807) is 6.92 Å². The van der Waals surface area contributed by atoms with E-state index in [0.717, 1.165) is 5.56 Å². The lowest BCUT2D eigenvalue weighted by Gasteiger charge is -2.16. The van der Waals surface area contributed by atoms with Crippen molar-refractivity contribution in [2.45, 2.75) is 40.2 Å². The second-order valence-corrected chi connectivity index (χ2v) is 3.77. The van der Waals surface area contributed by atoms with Crippen molar-refractivity contribution < 1.29 is 9.53 Å². The monoisotopic (exact) mass is 206 g/mol. The first-order valence-corrected chi connectivity index (χ1v) is 5.31. The van der Waals surface area contributed by atoms with Gasteiger partial charge in [-0.2, -0.15) is 0 Å². The molecule has 82 valence electrons. The molecule has 2 heteroatoms. The molecule has 0 heterocycles. The molecule has 0 radical (unpaired) electrons. The summed E-state index contributed by atoms with van der Waals surface area (Å²) in [4.78, 5) is 11.2. The van der Waals surface area contributed by atoms with Gasteiger partial charge in [0, 0.05) is 6.42 Å². The lowest BCUT2D eigenvalue weighted by molar-refractivity contribution is -0.148. The highest BCUT2D eigenvalue weighted by Crippen LogP contribution is 2.23. The molecule has 0 aliphatic carbocycles. The third-order valence-electron chi connectivity index (χ3n) is 2.68. The molecule has 2 nitrogen and oxygen atoms in total. The van der Waals surface area contributed by atoms with Crippen LogP contribution in [0.2, 0.25) is 0 Å². The van der Waals surface area contributed by atoms with E-state index in [2.05, 4.69) is 19.9 Å². The Hall–Kier alpha value is -1.31. The average molecular weight is 206 g/mol. The Morgan fingerprint density at radius 2 is 2.07 bits per heavy atom. The molecule has 0 saturated heterocycles. The first kappa shape index (κ1) is 11.8. The van der Waals surface area contributed by atoms with Crippen molar-refractivity contribution in [2.75, 3.05) is 0 Å². The van der Waals surface area contributed by atoms with Gasteiger partial charge in [0.15, 0.2) is 0 Å². The predicted octanol–water partition coefficient (Wildman–Crippen LogP) is 3.32. The zero-order valence-corrected chi connectivity index (χ0v) is 9.83. The Kier molecular flexibility index (Phi) is 3.89. The van der Waals surface area contributed by atoms with Crippen LogP contribution in [0.3, 0.4) is 0 Å². The van der Waals surface area contributed by atoms with Crippen molar-refractivity contribution in [3.63, 3.8) is 0 Å². The molecule has 0 aromatic heterocycles. The minimum atomic E-state index is -0.155. The minimum absolute atomic E-state index is 0.150. The van der Waals surface area contributed by atoms with Crippen molar-refractivity contribution in [2.24, 2.45) is 0 Å². The van der Waals surface area contributed by atoms with Crippen LogP contribution in [0.15, 0.2) is 18.2 Å². The quantitative estimate of drug-likeness (QED) is 0.709. The fourth-order valence-electron chi connectivity index (χ4n) is 1.56. The molecule has 1 rings (SSSR count). The molecule has 1 aromatic carbocycles. The van der Waals surface area contributed by atoms with Gasteiger partial charge >= 0.3 is 5.97 Å². The largest absolute Gasteiger partial charge is 0.458 e. The number of hydrogen-bond donors (Lipinski definition) is 0. The molecule has 0 fully saturated rings. The van der Waals surface area contributed by atoms with Crippen molar-refractivity contribution in [3.05, 3.63) is 34.9 Å². The third-order valence-corrected chi connectivity index (χ3v) is 2.68. The summed E-state index contributed by atoms with van der Waals surface area (Å²) < 4.78 is 5.28. The van der Waals surface area contributed by atoms with Gasteiger partial charge < -0.3 is 4.74 Å². The Balaban J connectivity index is 2.86. The number of ether oxygens (including phenoxy) is 1. The fourth-order valence-corrected chi connectivity index (χ4v) is 1.56. The van der Waals surface area contributed by atoms with Crippen LogP contribution in [0.1, 0.15) is 43.1 Å². The van der Waals surface area contributed by atoms with E-state index in [-0.39, 0.29) is 12.1 Å². The molecule has 0 amide bonds. The lowest BCUT2D eigenvalue weighted by atomic mass is 10.00. The van der Waals surface area contributed by atoms with Gasteiger partial charge in [-0.3, -0.25) is 4.79 Å². The summed E-state index contributed by atoms with van der Waals surface area (Å²) >= 11 is 0. The first-order valence-electron chi connectivity index (χ1n) is 5.31. The molecular formula is C13H18O2. The van der Waals surface area contributed by atoms with Crippen LogP contribution in [0.4, 0.5) is 0 Å². The highest BCUT2D eigenvalue weighted by atomic mass is 16.5. The van der Waals surface area contributed by atoms with Crippen LogP contribution >= 0.6 is 0 Å². The van der Waals surface area contributed by atoms with Crippen molar-refractivity contribution in [3.8, 4) is 0 Å². The minimum Gasteiger partial charge on any atom is -0.458 e. The van der Waals surface area contributed by atoms with Gasteiger partial charge in [-0.1, -0.05) is 25.1 Å². The molecule has 0 saturated carbocycles. The highest BCUT2D eigenvalue weighted by Gasteiger charge is 2.12. The molecule has 0 bridgehead atoms. The van der Waals surface area contributed by atoms with Crippen molar-refractivity contribution >= 4 is 5.97 Å². The molecule has 0 N–H and O–H groups in total. The van der Waals surface area contributed by atoms with E-state index in [4.69, 9.17) is 4.74 Å². The summed E-state index contributed by atoms with van der Waals surface area (Å²) in [6.45, 7) is 7.83. The Bertz CT molecular complexity index is 356. The topological polar surface area (TPSA) is 26.3 Å². The van der Waals surface area contributed by atoms with Crippen LogP contribution in [0, 0.1) is 13.8 Å². The maximum Gasteiger partial charge on any atom is 0.306 e. The predicted molar refractivity (Wildman–Crippen MR) is 60.7 cm³/mol. The second-order valence-electron chi connectivity index (χ2n) is 3.77. The van der Waals surface area contributed by atoms with Crippen molar-refractivity contribution in [1.29, 1.82) is 0 Å². The SMILES string of the molecule is CCC(=O)O[C@H](C)c1cccc(C)c1C. The van der Waals surface area contributed by atoms with Gasteiger partial charge in [0.05, 0.1) is 0 Å². The Labute approximate surface area is 91.3 Å². The average Bonchev–Trinajstić information content (AvgIpc) is 2.21. The third kappa shape index (κ3) is 2.82. The van der Waals surface area contributed by atoms with Gasteiger partial charge in [-0.05, 0) is 37.5 Å². The van der Waals surface area contributed by atoms with E-state index < -0.39 is 0 Å². The number of carbonyl (C=O) groups excluding carboxylic acids is 1. The number of carbonyl (C=O) groups is 1. The van der Waals surface area contributed by atoms with Crippen LogP contribution < -0.4 is 0 Å². The van der Waals surface area contributed by atoms with E-state index in [0.29, 0.717) is 6.42 Å². The molecule has 0 aliphatic rings. The molecule has 1 aromatic rings. The van der Waals surface area contributed by atoms with Crippen LogP contribution in [0.25, 0.3) is 0 Å². The maximum atomic E-state index is 11.2. The van der Waals surface area contributed by atoms with Gasteiger partial charge in [0.2, 0.25) is 0 Å². The molecule has 1 atom stereocenters. The maximum absolute atomic E-state index is 11.2. The summed E-state index contributed by atoms with van der Waals surface area (Å²) in [6, 6.07) is 6.07. The number of rotatable bonds is 3. The molecular weight excluding hydrogens is 188 g/mol. The number of benzene rings is 1. The molecule has 15 heavy (non-hydrogen) atoms. The molecule has 0 aliphatic heterocycles. The summed E-state index contributed by atoms with van der Waals surface area (Å²) in [5.74, 6) is -0.150. The van der Waals surface area contributed by atoms with E-state index in [1.165, 1.54) is 11.1 Å². The standard InChI is InChI=1S/C13H18O2/c1-5-13(14)15-11(4)12-8-6-7-9(2)10(12)3/h6-8,11H,5H2,1-4H3/t11-/m1/s1. The lowest BCUT2D eigenvalue weighted by Crippen LogP contribution is -2.08. The zero-order chi connectivity index (χ0) is 11.4. The van der Waals surface area contributed by atoms with Crippen LogP contribution in [-0.2, 0) is 9.53 Å². The van der Waals surface area contributed by atoms with E-state index in [9.17, 15) is 4.79 Å². The summed E-state index contributed by atoms with van der Waals surface area (Å²) in [6.07, 6.45) is 0.271. The Morgan fingerprint density at radius 3 is 2.67 bits per heavy atom. The number of esters is 1. The fraction of sp³-hybridized carbons (Fsp3) is 0.462. The smallest absolute Gasteiger partial charge is 0.306 e. The normalized spacial score (nSPS) is 12.3. The summed E-state index contributed by atoms with van der Waals surface area (Å²) in [5, 5.41) is 0. The highest BCUT2D eigenvalue weighted by molar-refractivity contribution is 5.69. The Morgan fingerprint density at radius 1 is 1.40 bits per heavy atom. The number of aryl methyl sites for hydroxylation is 1. The number of hydrogen-bond acceptors (Lipinski definition) is 2.